The zero-order valence-corrected chi connectivity index (χ0v) is 38.5. The smallest absolute Gasteiger partial charge is 0.120 e. The van der Waals surface area contributed by atoms with Gasteiger partial charge in [0.25, 0.3) is 0 Å². The molecule has 9 rings (SSSR count). The molecule has 8 aromatic rings. The number of para-hydroxylation sites is 1. The Bertz CT molecular complexity index is 2700. The minimum absolute atomic E-state index is 0.0945. The first kappa shape index (κ1) is 43.6. The van der Waals surface area contributed by atoms with Gasteiger partial charge in [-0.3, -0.25) is 0 Å². The van der Waals surface area contributed by atoms with E-state index in [1.54, 1.807) is 0 Å². The van der Waals surface area contributed by atoms with Gasteiger partial charge in [0.2, 0.25) is 0 Å². The van der Waals surface area contributed by atoms with Crippen molar-refractivity contribution in [3.63, 3.8) is 0 Å². The van der Waals surface area contributed by atoms with Crippen LogP contribution in [0.1, 0.15) is 102 Å². The summed E-state index contributed by atoms with van der Waals surface area (Å²) in [6.45, 7) is 11.6. The lowest BCUT2D eigenvalue weighted by Crippen LogP contribution is -2.10. The van der Waals surface area contributed by atoms with Gasteiger partial charge in [-0.05, 0) is 163 Å². The molecule has 0 atom stereocenters. The van der Waals surface area contributed by atoms with Crippen molar-refractivity contribution in [2.24, 2.45) is 0 Å². The highest BCUT2D eigenvalue weighted by atomic mass is 16.5. The quantitative estimate of drug-likeness (QED) is 0.0674. The van der Waals surface area contributed by atoms with E-state index >= 15 is 0 Å². The summed E-state index contributed by atoms with van der Waals surface area (Å²) in [4.78, 5) is 2.34. The highest BCUT2D eigenvalue weighted by Gasteiger charge is 2.31. The number of aromatic nitrogens is 1. The van der Waals surface area contributed by atoms with Gasteiger partial charge < -0.3 is 28.4 Å². The lowest BCUT2D eigenvalue weighted by atomic mass is 9.89. The number of fused-ring (bicyclic) bond motifs is 6. The molecular weight excluding hydrogens is 801 g/mol. The van der Waals surface area contributed by atoms with E-state index in [9.17, 15) is 0 Å². The average Bonchev–Trinajstić information content (AvgIpc) is 3.84. The molecule has 0 unspecified atom stereocenters. The van der Waals surface area contributed by atoms with Crippen LogP contribution in [-0.4, -0.2) is 31.0 Å². The molecule has 0 radical (unpaired) electrons. The third-order valence-electron chi connectivity index (χ3n) is 12.6. The summed E-state index contributed by atoms with van der Waals surface area (Å²) < 4.78 is 27.2. The largest absolute Gasteiger partial charge is 0.494 e. The fourth-order valence-corrected chi connectivity index (χ4v) is 9.11. The lowest BCUT2D eigenvalue weighted by molar-refractivity contribution is 0.309. The molecule has 6 heteroatoms. The molecule has 332 valence electrons. The monoisotopic (exact) mass is 862 g/mol. The summed E-state index contributed by atoms with van der Waals surface area (Å²) >= 11 is 0. The molecule has 6 nitrogen and oxygen atoms in total. The molecule has 0 saturated carbocycles. The maximum Gasteiger partial charge on any atom is 0.120 e. The third kappa shape index (κ3) is 9.31. The molecule has 1 aliphatic rings. The van der Waals surface area contributed by atoms with E-state index in [4.69, 9.17) is 18.9 Å². The Labute approximate surface area is 385 Å². The Balaban J connectivity index is 1.06. The van der Waals surface area contributed by atoms with Crippen LogP contribution < -0.4 is 23.8 Å². The highest BCUT2D eigenvalue weighted by molar-refractivity contribution is 6.10. The van der Waals surface area contributed by atoms with Crippen molar-refractivity contribution in [3.05, 3.63) is 168 Å². The average molecular weight is 863 g/mol. The van der Waals surface area contributed by atoms with Crippen LogP contribution >= 0.6 is 0 Å². The van der Waals surface area contributed by atoms with Crippen LogP contribution in [-0.2, 0) is 0 Å². The first-order valence-electron chi connectivity index (χ1n) is 24.0. The van der Waals surface area contributed by atoms with Crippen LogP contribution in [0.15, 0.2) is 152 Å². The van der Waals surface area contributed by atoms with Crippen molar-refractivity contribution in [2.45, 2.75) is 85.0 Å². The standard InChI is InChI=1S/C59H62N2O4/c1-5-9-34-62-47-26-30-51-53(38-47)54-39-48(63-35-10-6-2)27-31-52(54)59(51)42-18-20-44(21-19-42)60(43-16-14-13-15-17-43)45-22-24-46(25-23-45)61-57-32-28-49(64-36-11-7-3)40-55(57)56-41-50(29-33-58(56)61)65-37-12-8-4/h13-33,38-41,59H,5-12,34-37H2,1-4H3. The predicted octanol–water partition coefficient (Wildman–Crippen LogP) is 16.1. The SMILES string of the molecule is CCCCOc1ccc2c(c1)-c1cc(OCCCC)ccc1C2c1ccc(N(c2ccccc2)c2ccc(-n3c4ccc(OCCCC)cc4c4cc(OCCCC)ccc43)cc2)cc1. The Kier molecular flexibility index (Phi) is 13.7. The number of unbranched alkanes of at least 4 members (excludes halogenated alkanes) is 4. The summed E-state index contributed by atoms with van der Waals surface area (Å²) in [6, 6.07) is 55.0. The maximum atomic E-state index is 6.22. The van der Waals surface area contributed by atoms with E-state index in [1.165, 1.54) is 27.8 Å². The Morgan fingerprint density at radius 2 is 0.815 bits per heavy atom. The molecule has 0 amide bonds. The van der Waals surface area contributed by atoms with Gasteiger partial charge in [-0.2, -0.15) is 0 Å². The van der Waals surface area contributed by atoms with Gasteiger partial charge in [-0.25, -0.2) is 0 Å². The molecule has 1 aliphatic carbocycles. The van der Waals surface area contributed by atoms with Gasteiger partial charge in [0.15, 0.2) is 0 Å². The number of benzene rings is 7. The van der Waals surface area contributed by atoms with Crippen LogP contribution in [0.5, 0.6) is 23.0 Å². The lowest BCUT2D eigenvalue weighted by Gasteiger charge is -2.26. The number of rotatable bonds is 21. The molecular formula is C59H62N2O4. The van der Waals surface area contributed by atoms with Crippen molar-refractivity contribution >= 4 is 38.9 Å². The fourth-order valence-electron chi connectivity index (χ4n) is 9.11. The molecule has 0 N–H and O–H groups in total. The van der Waals surface area contributed by atoms with E-state index in [2.05, 4.69) is 189 Å². The van der Waals surface area contributed by atoms with E-state index < -0.39 is 0 Å². The number of hydrogen-bond acceptors (Lipinski definition) is 5. The topological polar surface area (TPSA) is 45.1 Å². The van der Waals surface area contributed by atoms with E-state index in [0.29, 0.717) is 13.2 Å². The minimum Gasteiger partial charge on any atom is -0.494 e. The van der Waals surface area contributed by atoms with Crippen molar-refractivity contribution in [2.75, 3.05) is 31.3 Å². The van der Waals surface area contributed by atoms with Crippen molar-refractivity contribution in [3.8, 4) is 39.8 Å². The summed E-state index contributed by atoms with van der Waals surface area (Å²) in [5, 5.41) is 2.30. The number of nitrogens with zero attached hydrogens (tertiary/aromatic N) is 2. The number of anilines is 3. The molecule has 1 aromatic heterocycles. The Hall–Kier alpha value is -6.66. The summed E-state index contributed by atoms with van der Waals surface area (Å²) in [6.07, 6.45) is 8.54. The molecule has 1 heterocycles. The van der Waals surface area contributed by atoms with Crippen LogP contribution in [0, 0.1) is 0 Å². The van der Waals surface area contributed by atoms with Crippen LogP contribution in [0.25, 0.3) is 38.6 Å². The summed E-state index contributed by atoms with van der Waals surface area (Å²) in [7, 11) is 0. The fraction of sp³-hybridized carbons (Fsp3) is 0.288. The summed E-state index contributed by atoms with van der Waals surface area (Å²) in [5.74, 6) is 3.72. The van der Waals surface area contributed by atoms with Crippen molar-refractivity contribution < 1.29 is 18.9 Å². The van der Waals surface area contributed by atoms with Gasteiger partial charge in [0.05, 0.1) is 37.5 Å². The van der Waals surface area contributed by atoms with Gasteiger partial charge in [0.1, 0.15) is 23.0 Å². The predicted molar refractivity (Wildman–Crippen MR) is 270 cm³/mol. The van der Waals surface area contributed by atoms with Crippen LogP contribution in [0.2, 0.25) is 0 Å². The molecule has 0 bridgehead atoms. The molecule has 0 fully saturated rings. The Morgan fingerprint density at radius 1 is 0.415 bits per heavy atom. The van der Waals surface area contributed by atoms with E-state index in [-0.39, 0.29) is 5.92 Å². The van der Waals surface area contributed by atoms with Gasteiger partial charge in [-0.1, -0.05) is 95.8 Å². The van der Waals surface area contributed by atoms with Gasteiger partial charge in [0, 0.05) is 39.4 Å². The normalized spacial score (nSPS) is 12.1. The second kappa shape index (κ2) is 20.5. The molecule has 65 heavy (non-hydrogen) atoms. The molecule has 0 saturated heterocycles. The van der Waals surface area contributed by atoms with E-state index in [0.717, 1.165) is 132 Å². The summed E-state index contributed by atoms with van der Waals surface area (Å²) in [5.41, 5.74) is 12.9. The first-order chi connectivity index (χ1) is 32.1. The molecule has 0 spiro atoms. The van der Waals surface area contributed by atoms with Crippen molar-refractivity contribution in [1.82, 2.24) is 4.57 Å². The number of ether oxygens (including phenoxy) is 4. The van der Waals surface area contributed by atoms with Gasteiger partial charge >= 0.3 is 0 Å². The van der Waals surface area contributed by atoms with Crippen LogP contribution in [0.3, 0.4) is 0 Å². The molecule has 7 aromatic carbocycles. The minimum atomic E-state index is 0.0945. The van der Waals surface area contributed by atoms with Gasteiger partial charge in [-0.15, -0.1) is 0 Å². The van der Waals surface area contributed by atoms with Crippen LogP contribution in [0.4, 0.5) is 17.1 Å². The van der Waals surface area contributed by atoms with E-state index in [1.807, 2.05) is 0 Å². The zero-order valence-electron chi connectivity index (χ0n) is 38.5. The second-order valence-electron chi connectivity index (χ2n) is 17.2. The third-order valence-corrected chi connectivity index (χ3v) is 12.6. The zero-order chi connectivity index (χ0) is 44.5. The first-order valence-corrected chi connectivity index (χ1v) is 24.0. The highest BCUT2D eigenvalue weighted by Crippen LogP contribution is 2.51. The second-order valence-corrected chi connectivity index (χ2v) is 17.2. The maximum absolute atomic E-state index is 6.22. The molecule has 0 aliphatic heterocycles. The number of hydrogen-bond donors (Lipinski definition) is 0. The Morgan fingerprint density at radius 3 is 1.26 bits per heavy atom. The van der Waals surface area contributed by atoms with Crippen molar-refractivity contribution in [1.29, 1.82) is 0 Å².